The third-order valence-corrected chi connectivity index (χ3v) is 1.50. The summed E-state index contributed by atoms with van der Waals surface area (Å²) in [6, 6.07) is 0. The molecular formula is C6H12FeO9. The Morgan fingerprint density at radius 2 is 0.938 bits per heavy atom. The summed E-state index contributed by atoms with van der Waals surface area (Å²) in [5.41, 5.74) is 0. The van der Waals surface area contributed by atoms with Crippen molar-refractivity contribution < 1.29 is 62.8 Å². The standard InChI is InChI=1S/C6H10O8.Fe.H2O/c7-1(3(9)5(11)12)2(8)4(10)6(13)14;;/h1-4,7-10H,(H,11,12)(H,13,14);;1H2/t1-,2+,3-,4-;;/m0../s1. The van der Waals surface area contributed by atoms with Crippen molar-refractivity contribution >= 4 is 11.9 Å². The van der Waals surface area contributed by atoms with Gasteiger partial charge in [0.25, 0.3) is 0 Å². The number of aliphatic carboxylic acids is 2. The van der Waals surface area contributed by atoms with E-state index in [0.717, 1.165) is 0 Å². The number of carbonyl (C=O) groups is 2. The van der Waals surface area contributed by atoms with E-state index in [1.54, 1.807) is 0 Å². The Kier molecular flexibility index (Phi) is 10.9. The monoisotopic (exact) mass is 284 g/mol. The zero-order valence-corrected chi connectivity index (χ0v) is 8.77. The van der Waals surface area contributed by atoms with Crippen molar-refractivity contribution in [2.45, 2.75) is 24.4 Å². The Morgan fingerprint density at radius 1 is 0.750 bits per heavy atom. The van der Waals surface area contributed by atoms with Crippen LogP contribution in [-0.4, -0.2) is 72.5 Å². The molecule has 16 heavy (non-hydrogen) atoms. The fraction of sp³-hybridized carbons (Fsp3) is 0.667. The number of aliphatic hydroxyl groups is 4. The first-order valence-corrected chi connectivity index (χ1v) is 3.47. The Labute approximate surface area is 99.7 Å². The Balaban J connectivity index is -0.000000845. The van der Waals surface area contributed by atoms with Gasteiger partial charge in [-0.1, -0.05) is 0 Å². The molecule has 98 valence electrons. The average Bonchev–Trinajstić information content (AvgIpc) is 2.12. The molecule has 0 fully saturated rings. The number of carboxylic acid groups (broad SMARTS) is 2. The predicted molar refractivity (Wildman–Crippen MR) is 42.9 cm³/mol. The summed E-state index contributed by atoms with van der Waals surface area (Å²) in [5, 5.41) is 51.5. The van der Waals surface area contributed by atoms with Crippen LogP contribution in [0.25, 0.3) is 0 Å². The smallest absolute Gasteiger partial charge is 0.335 e. The van der Waals surface area contributed by atoms with Gasteiger partial charge in [0.2, 0.25) is 0 Å². The number of aliphatic hydroxyl groups excluding tert-OH is 4. The second kappa shape index (κ2) is 8.42. The summed E-state index contributed by atoms with van der Waals surface area (Å²) in [6.45, 7) is 0. The molecule has 0 heterocycles. The fourth-order valence-corrected chi connectivity index (χ4v) is 0.666. The third-order valence-electron chi connectivity index (χ3n) is 1.50. The molecule has 0 saturated carbocycles. The molecule has 0 saturated heterocycles. The van der Waals surface area contributed by atoms with Crippen molar-refractivity contribution in [3.05, 3.63) is 0 Å². The van der Waals surface area contributed by atoms with Crippen LogP contribution in [-0.2, 0) is 26.7 Å². The first-order valence-electron chi connectivity index (χ1n) is 3.47. The Bertz CT molecular complexity index is 208. The summed E-state index contributed by atoms with van der Waals surface area (Å²) in [5.74, 6) is -3.68. The quantitative estimate of drug-likeness (QED) is 0.274. The molecule has 0 aromatic carbocycles. The molecule has 0 aliphatic rings. The topological polar surface area (TPSA) is 187 Å². The minimum atomic E-state index is -2.36. The SMILES string of the molecule is O.O=C(O)[C@@H](O)[C@H](O)[C@H](O)[C@H](O)C(=O)O.[Fe]. The van der Waals surface area contributed by atoms with E-state index < -0.39 is 36.4 Å². The number of hydrogen-bond acceptors (Lipinski definition) is 6. The van der Waals surface area contributed by atoms with Gasteiger partial charge in [-0.3, -0.25) is 0 Å². The summed E-state index contributed by atoms with van der Waals surface area (Å²) >= 11 is 0. The van der Waals surface area contributed by atoms with Gasteiger partial charge in [-0.15, -0.1) is 0 Å². The van der Waals surface area contributed by atoms with Crippen molar-refractivity contribution in [1.29, 1.82) is 0 Å². The summed E-state index contributed by atoms with van der Waals surface area (Å²) < 4.78 is 0. The van der Waals surface area contributed by atoms with Crippen LogP contribution >= 0.6 is 0 Å². The molecule has 4 atom stereocenters. The zero-order valence-electron chi connectivity index (χ0n) is 7.66. The van der Waals surface area contributed by atoms with Gasteiger partial charge in [0.1, 0.15) is 12.2 Å². The van der Waals surface area contributed by atoms with Crippen molar-refractivity contribution in [3.63, 3.8) is 0 Å². The van der Waals surface area contributed by atoms with Crippen LogP contribution in [0.3, 0.4) is 0 Å². The molecule has 0 aromatic rings. The van der Waals surface area contributed by atoms with E-state index in [4.69, 9.17) is 30.6 Å². The zero-order chi connectivity index (χ0) is 11.5. The Morgan fingerprint density at radius 3 is 1.06 bits per heavy atom. The third kappa shape index (κ3) is 5.37. The molecule has 0 spiro atoms. The molecule has 0 amide bonds. The van der Waals surface area contributed by atoms with E-state index in [1.807, 2.05) is 0 Å². The van der Waals surface area contributed by atoms with Gasteiger partial charge in [0.15, 0.2) is 12.2 Å². The second-order valence-electron chi connectivity index (χ2n) is 2.55. The van der Waals surface area contributed by atoms with E-state index in [9.17, 15) is 9.59 Å². The van der Waals surface area contributed by atoms with Crippen LogP contribution in [0, 0.1) is 0 Å². The molecule has 0 radical (unpaired) electrons. The molecule has 0 unspecified atom stereocenters. The number of rotatable bonds is 5. The molecule has 8 N–H and O–H groups in total. The molecular weight excluding hydrogens is 272 g/mol. The normalized spacial score (nSPS) is 17.0. The maximum atomic E-state index is 10.1. The van der Waals surface area contributed by atoms with E-state index in [2.05, 4.69) is 0 Å². The summed E-state index contributed by atoms with van der Waals surface area (Å²) in [4.78, 5) is 20.2. The van der Waals surface area contributed by atoms with Crippen molar-refractivity contribution in [1.82, 2.24) is 0 Å². The molecule has 9 nitrogen and oxygen atoms in total. The van der Waals surface area contributed by atoms with E-state index in [-0.39, 0.29) is 22.5 Å². The minimum absolute atomic E-state index is 0. The maximum absolute atomic E-state index is 10.1. The van der Waals surface area contributed by atoms with Crippen LogP contribution in [0.1, 0.15) is 0 Å². The van der Waals surface area contributed by atoms with Gasteiger partial charge in [0.05, 0.1) is 0 Å². The average molecular weight is 284 g/mol. The van der Waals surface area contributed by atoms with Gasteiger partial charge < -0.3 is 36.1 Å². The van der Waals surface area contributed by atoms with Crippen LogP contribution < -0.4 is 0 Å². The largest absolute Gasteiger partial charge is 0.479 e. The minimum Gasteiger partial charge on any atom is -0.479 e. The van der Waals surface area contributed by atoms with Crippen molar-refractivity contribution in [2.75, 3.05) is 0 Å². The van der Waals surface area contributed by atoms with Crippen LogP contribution in [0.5, 0.6) is 0 Å². The van der Waals surface area contributed by atoms with Crippen LogP contribution in [0.2, 0.25) is 0 Å². The molecule has 0 rings (SSSR count). The molecule has 0 aliphatic heterocycles. The summed E-state index contributed by atoms with van der Waals surface area (Å²) in [6.07, 6.45) is -9.28. The molecule has 0 aromatic heterocycles. The first kappa shape index (κ1) is 20.6. The first-order chi connectivity index (χ1) is 6.29. The van der Waals surface area contributed by atoms with Gasteiger partial charge >= 0.3 is 11.9 Å². The van der Waals surface area contributed by atoms with Crippen LogP contribution in [0.15, 0.2) is 0 Å². The van der Waals surface area contributed by atoms with Crippen LogP contribution in [0.4, 0.5) is 0 Å². The van der Waals surface area contributed by atoms with E-state index in [1.165, 1.54) is 0 Å². The molecule has 10 heteroatoms. The van der Waals surface area contributed by atoms with Crippen molar-refractivity contribution in [2.24, 2.45) is 0 Å². The van der Waals surface area contributed by atoms with Crippen molar-refractivity contribution in [3.8, 4) is 0 Å². The fourth-order valence-electron chi connectivity index (χ4n) is 0.666. The van der Waals surface area contributed by atoms with E-state index in [0.29, 0.717) is 0 Å². The maximum Gasteiger partial charge on any atom is 0.335 e. The summed E-state index contributed by atoms with van der Waals surface area (Å²) in [7, 11) is 0. The second-order valence-corrected chi connectivity index (χ2v) is 2.55. The van der Waals surface area contributed by atoms with Gasteiger partial charge in [-0.05, 0) is 0 Å². The molecule has 0 bridgehead atoms. The van der Waals surface area contributed by atoms with Gasteiger partial charge in [0, 0.05) is 17.1 Å². The predicted octanol–water partition coefficient (Wildman–Crippen LogP) is -4.23. The van der Waals surface area contributed by atoms with Gasteiger partial charge in [-0.2, -0.15) is 0 Å². The van der Waals surface area contributed by atoms with Gasteiger partial charge in [-0.25, -0.2) is 9.59 Å². The molecule has 0 aliphatic carbocycles. The van der Waals surface area contributed by atoms with E-state index >= 15 is 0 Å². The Hall–Kier alpha value is -0.741. The number of carboxylic acids is 2. The number of hydrogen-bond donors (Lipinski definition) is 6.